The fourth-order valence-electron chi connectivity index (χ4n) is 1.23. The van der Waals surface area contributed by atoms with E-state index in [0.717, 1.165) is 4.90 Å². The molecule has 0 aromatic carbocycles. The summed E-state index contributed by atoms with van der Waals surface area (Å²) in [7, 11) is 0. The van der Waals surface area contributed by atoms with Crippen LogP contribution in [-0.2, 0) is 4.79 Å². The van der Waals surface area contributed by atoms with Gasteiger partial charge < -0.3 is 10.6 Å². The molecule has 0 aliphatic carbocycles. The van der Waals surface area contributed by atoms with Gasteiger partial charge in [0.2, 0.25) is 5.91 Å². The zero-order valence-electron chi connectivity index (χ0n) is 6.89. The molecule has 1 aliphatic rings. The summed E-state index contributed by atoms with van der Waals surface area (Å²) in [6.07, 6.45) is 0.173. The molecular formula is C7H12F2N2O. The first-order valence-corrected chi connectivity index (χ1v) is 3.82. The van der Waals surface area contributed by atoms with E-state index < -0.39 is 18.5 Å². The van der Waals surface area contributed by atoms with Crippen molar-refractivity contribution in [2.24, 2.45) is 5.73 Å². The van der Waals surface area contributed by atoms with Gasteiger partial charge >= 0.3 is 0 Å². The lowest BCUT2D eigenvalue weighted by Crippen LogP contribution is -2.56. The van der Waals surface area contributed by atoms with Crippen LogP contribution in [0.4, 0.5) is 8.78 Å². The number of hydrogen-bond donors (Lipinski definition) is 1. The standard InChI is InChI=1S/C7H12F2N2O/c1-5(12)11-3-2-6(10)7(8,9)4-11/h6H,2-4,10H2,1H3. The zero-order valence-corrected chi connectivity index (χ0v) is 6.89. The number of hydrogen-bond acceptors (Lipinski definition) is 2. The van der Waals surface area contributed by atoms with E-state index in [1.807, 2.05) is 0 Å². The third-order valence-corrected chi connectivity index (χ3v) is 2.10. The number of nitrogens with zero attached hydrogens (tertiary/aromatic N) is 1. The summed E-state index contributed by atoms with van der Waals surface area (Å²) in [6.45, 7) is 1.09. The second-order valence-corrected chi connectivity index (χ2v) is 3.10. The molecule has 1 fully saturated rings. The summed E-state index contributed by atoms with van der Waals surface area (Å²) in [6, 6.07) is -1.10. The van der Waals surface area contributed by atoms with Crippen molar-refractivity contribution < 1.29 is 13.6 Å². The number of nitrogens with two attached hydrogens (primary N) is 1. The third-order valence-electron chi connectivity index (χ3n) is 2.10. The van der Waals surface area contributed by atoms with Gasteiger partial charge in [0.05, 0.1) is 12.6 Å². The average molecular weight is 178 g/mol. The molecule has 0 bridgehead atoms. The zero-order chi connectivity index (χ0) is 9.35. The van der Waals surface area contributed by atoms with Gasteiger partial charge in [0, 0.05) is 13.5 Å². The number of carbonyl (C=O) groups is 1. The molecule has 0 saturated carbocycles. The van der Waals surface area contributed by atoms with Crippen LogP contribution in [0.2, 0.25) is 0 Å². The number of amides is 1. The van der Waals surface area contributed by atoms with Crippen LogP contribution < -0.4 is 5.73 Å². The fraction of sp³-hybridized carbons (Fsp3) is 0.857. The summed E-state index contributed by atoms with van der Waals surface area (Å²) in [5.41, 5.74) is 5.19. The van der Waals surface area contributed by atoms with Crippen molar-refractivity contribution in [3.05, 3.63) is 0 Å². The first-order valence-electron chi connectivity index (χ1n) is 3.82. The molecule has 5 heteroatoms. The van der Waals surface area contributed by atoms with Crippen molar-refractivity contribution >= 4 is 5.91 Å². The first-order chi connectivity index (χ1) is 5.43. The summed E-state index contributed by atoms with van der Waals surface area (Å²) >= 11 is 0. The van der Waals surface area contributed by atoms with Crippen LogP contribution >= 0.6 is 0 Å². The number of carbonyl (C=O) groups excluding carboxylic acids is 1. The van der Waals surface area contributed by atoms with Crippen LogP contribution in [0.1, 0.15) is 13.3 Å². The van der Waals surface area contributed by atoms with Crippen molar-refractivity contribution in [1.29, 1.82) is 0 Å². The third kappa shape index (κ3) is 1.72. The van der Waals surface area contributed by atoms with Crippen LogP contribution in [-0.4, -0.2) is 35.9 Å². The fourth-order valence-corrected chi connectivity index (χ4v) is 1.23. The molecule has 70 valence electrons. The molecule has 12 heavy (non-hydrogen) atoms. The molecule has 1 heterocycles. The van der Waals surface area contributed by atoms with E-state index in [0.29, 0.717) is 6.54 Å². The Bertz CT molecular complexity index is 196. The Hall–Kier alpha value is -0.710. The molecular weight excluding hydrogens is 166 g/mol. The number of alkyl halides is 2. The summed E-state index contributed by atoms with van der Waals surface area (Å²) in [5, 5.41) is 0. The largest absolute Gasteiger partial charge is 0.337 e. The van der Waals surface area contributed by atoms with Gasteiger partial charge in [-0.05, 0) is 6.42 Å². The molecule has 1 amide bonds. The van der Waals surface area contributed by atoms with Gasteiger partial charge in [-0.1, -0.05) is 0 Å². The Labute approximate surface area is 69.5 Å². The average Bonchev–Trinajstić information content (AvgIpc) is 1.94. The molecule has 1 unspecified atom stereocenters. The van der Waals surface area contributed by atoms with Crippen LogP contribution in [0, 0.1) is 0 Å². The lowest BCUT2D eigenvalue weighted by molar-refractivity contribution is -0.141. The van der Waals surface area contributed by atoms with Gasteiger partial charge in [0.25, 0.3) is 5.92 Å². The Kier molecular flexibility index (Phi) is 2.32. The highest BCUT2D eigenvalue weighted by Gasteiger charge is 2.43. The highest BCUT2D eigenvalue weighted by molar-refractivity contribution is 5.73. The van der Waals surface area contributed by atoms with Crippen LogP contribution in [0.3, 0.4) is 0 Å². The highest BCUT2D eigenvalue weighted by atomic mass is 19.3. The monoisotopic (exact) mass is 178 g/mol. The van der Waals surface area contributed by atoms with Crippen molar-refractivity contribution in [2.45, 2.75) is 25.3 Å². The molecule has 0 radical (unpaired) electrons. The molecule has 1 aliphatic heterocycles. The molecule has 0 aromatic rings. The van der Waals surface area contributed by atoms with Gasteiger partial charge in [-0.15, -0.1) is 0 Å². The molecule has 1 atom stereocenters. The SMILES string of the molecule is CC(=O)N1CCC(N)C(F)(F)C1. The summed E-state index contributed by atoms with van der Waals surface area (Å²) in [5.74, 6) is -3.24. The predicted molar refractivity (Wildman–Crippen MR) is 39.8 cm³/mol. The maximum atomic E-state index is 12.9. The molecule has 1 saturated heterocycles. The van der Waals surface area contributed by atoms with E-state index >= 15 is 0 Å². The van der Waals surface area contributed by atoms with Crippen LogP contribution in [0.15, 0.2) is 0 Å². The molecule has 0 aromatic heterocycles. The minimum Gasteiger partial charge on any atom is -0.337 e. The predicted octanol–water partition coefficient (Wildman–Crippen LogP) is 0.201. The molecule has 3 nitrogen and oxygen atoms in total. The molecule has 2 N–H and O–H groups in total. The lowest BCUT2D eigenvalue weighted by Gasteiger charge is -2.35. The van der Waals surface area contributed by atoms with E-state index in [1.165, 1.54) is 6.92 Å². The molecule has 0 spiro atoms. The van der Waals surface area contributed by atoms with Gasteiger partial charge in [-0.25, -0.2) is 8.78 Å². The van der Waals surface area contributed by atoms with E-state index in [9.17, 15) is 13.6 Å². The summed E-state index contributed by atoms with van der Waals surface area (Å²) in [4.78, 5) is 11.9. The van der Waals surface area contributed by atoms with E-state index in [1.54, 1.807) is 0 Å². The van der Waals surface area contributed by atoms with Gasteiger partial charge in [-0.2, -0.15) is 0 Å². The maximum Gasteiger partial charge on any atom is 0.280 e. The van der Waals surface area contributed by atoms with Crippen molar-refractivity contribution in [3.63, 3.8) is 0 Å². The Morgan fingerprint density at radius 3 is 2.67 bits per heavy atom. The van der Waals surface area contributed by atoms with Gasteiger partial charge in [0.15, 0.2) is 0 Å². The van der Waals surface area contributed by atoms with Crippen LogP contribution in [0.25, 0.3) is 0 Å². The van der Waals surface area contributed by atoms with E-state index in [-0.39, 0.29) is 12.3 Å². The highest BCUT2D eigenvalue weighted by Crippen LogP contribution is 2.25. The maximum absolute atomic E-state index is 12.9. The van der Waals surface area contributed by atoms with Crippen molar-refractivity contribution in [2.75, 3.05) is 13.1 Å². The number of halogens is 2. The summed E-state index contributed by atoms with van der Waals surface area (Å²) < 4.78 is 25.8. The second kappa shape index (κ2) is 2.97. The van der Waals surface area contributed by atoms with E-state index in [2.05, 4.69) is 0 Å². The van der Waals surface area contributed by atoms with Gasteiger partial charge in [-0.3, -0.25) is 4.79 Å². The van der Waals surface area contributed by atoms with Gasteiger partial charge in [0.1, 0.15) is 0 Å². The topological polar surface area (TPSA) is 46.3 Å². The minimum atomic E-state index is -2.93. The quantitative estimate of drug-likeness (QED) is 0.576. The lowest BCUT2D eigenvalue weighted by atomic mass is 10.0. The Balaban J connectivity index is 2.63. The second-order valence-electron chi connectivity index (χ2n) is 3.10. The van der Waals surface area contributed by atoms with Crippen LogP contribution in [0.5, 0.6) is 0 Å². The van der Waals surface area contributed by atoms with Crippen molar-refractivity contribution in [1.82, 2.24) is 4.90 Å². The smallest absolute Gasteiger partial charge is 0.280 e. The normalized spacial score (nSPS) is 28.7. The van der Waals surface area contributed by atoms with Crippen molar-refractivity contribution in [3.8, 4) is 0 Å². The minimum absolute atomic E-state index is 0.173. The number of piperidine rings is 1. The number of likely N-dealkylation sites (tertiary alicyclic amines) is 1. The number of rotatable bonds is 0. The molecule has 1 rings (SSSR count). The van der Waals surface area contributed by atoms with E-state index in [4.69, 9.17) is 5.73 Å². The Morgan fingerprint density at radius 1 is 1.67 bits per heavy atom. The Morgan fingerprint density at radius 2 is 2.25 bits per heavy atom. The first kappa shape index (κ1) is 9.38.